The van der Waals surface area contributed by atoms with Gasteiger partial charge in [0.15, 0.2) is 34.5 Å². The molecule has 4 aromatic carbocycles. The molecule has 0 heterocycles. The standard InChI is InChI=1S/C36H36O18.6Na/c1-13(31(37)38)49-25-7-19-20(8-26(25)50-14(2)32(39)40)22-10-28(52-16(4)34(43)44)30(54-18(6)36(47)48)12-24(22)23-11-29(53-17(5)35(45)46)27(9-21(19)23)51-15(3)33(41)42;;;;;;/h7-18H,1-6H3,(H,37,38)(H,39,40)(H,41,42)(H,43,44)(H,45,46)(H,47,48);;;;;;/q;6*+1/p-6. The largest absolute Gasteiger partial charge is 1.00 e. The van der Waals surface area contributed by atoms with Crippen LogP contribution in [0.4, 0.5) is 0 Å². The summed E-state index contributed by atoms with van der Waals surface area (Å²) < 4.78 is 33.5. The van der Waals surface area contributed by atoms with Crippen molar-refractivity contribution in [1.82, 2.24) is 0 Å². The van der Waals surface area contributed by atoms with Gasteiger partial charge in [0.2, 0.25) is 0 Å². The van der Waals surface area contributed by atoms with E-state index < -0.39 is 72.4 Å². The van der Waals surface area contributed by atoms with Crippen LogP contribution in [0.3, 0.4) is 0 Å². The van der Waals surface area contributed by atoms with Crippen molar-refractivity contribution in [3.63, 3.8) is 0 Å². The molecule has 4 aromatic rings. The minimum absolute atomic E-state index is 0. The molecule has 0 amide bonds. The maximum Gasteiger partial charge on any atom is 1.00 e. The summed E-state index contributed by atoms with van der Waals surface area (Å²) in [5.41, 5.74) is 0. The Balaban J connectivity index is -0.00000541. The Kier molecular flexibility index (Phi) is 29.2. The molecule has 60 heavy (non-hydrogen) atoms. The molecule has 18 nitrogen and oxygen atoms in total. The summed E-state index contributed by atoms with van der Waals surface area (Å²) in [5.74, 6) is -11.9. The third-order valence-corrected chi connectivity index (χ3v) is 7.94. The number of carbonyl (C=O) groups is 6. The number of rotatable bonds is 18. The van der Waals surface area contributed by atoms with Crippen LogP contribution in [0.1, 0.15) is 41.5 Å². The van der Waals surface area contributed by atoms with Crippen molar-refractivity contribution in [3.8, 4) is 34.5 Å². The van der Waals surface area contributed by atoms with Crippen molar-refractivity contribution in [1.29, 1.82) is 0 Å². The molecule has 6 unspecified atom stereocenters. The van der Waals surface area contributed by atoms with Gasteiger partial charge in [0.1, 0.15) is 36.6 Å². The van der Waals surface area contributed by atoms with E-state index in [-0.39, 0.29) is 244 Å². The maximum absolute atomic E-state index is 11.7. The van der Waals surface area contributed by atoms with Gasteiger partial charge in [-0.05, 0) is 110 Å². The minimum atomic E-state index is -1.66. The van der Waals surface area contributed by atoms with E-state index in [0.29, 0.717) is 0 Å². The van der Waals surface area contributed by atoms with Crippen LogP contribution in [0.2, 0.25) is 0 Å². The summed E-state index contributed by atoms with van der Waals surface area (Å²) >= 11 is 0. The van der Waals surface area contributed by atoms with Gasteiger partial charge in [-0.1, -0.05) is 0 Å². The van der Waals surface area contributed by atoms with E-state index in [1.165, 1.54) is 36.4 Å². The van der Waals surface area contributed by atoms with Gasteiger partial charge in [-0.15, -0.1) is 0 Å². The second-order valence-corrected chi connectivity index (χ2v) is 12.0. The molecule has 6 atom stereocenters. The first-order valence-electron chi connectivity index (χ1n) is 16.0. The number of hydrogen-bond acceptors (Lipinski definition) is 18. The van der Waals surface area contributed by atoms with Gasteiger partial charge in [-0.25, -0.2) is 0 Å². The number of carbonyl (C=O) groups excluding carboxylic acids is 6. The smallest absolute Gasteiger partial charge is 0.546 e. The molecule has 0 bridgehead atoms. The minimum Gasteiger partial charge on any atom is -0.546 e. The van der Waals surface area contributed by atoms with E-state index in [1.807, 2.05) is 0 Å². The van der Waals surface area contributed by atoms with Crippen LogP contribution < -0.4 is 236 Å². The van der Waals surface area contributed by atoms with Crippen molar-refractivity contribution < 1.29 is 265 Å². The molecule has 0 N–H and O–H groups in total. The fourth-order valence-electron chi connectivity index (χ4n) is 5.00. The van der Waals surface area contributed by atoms with Crippen LogP contribution in [0.25, 0.3) is 32.3 Å². The molecule has 24 heteroatoms. The van der Waals surface area contributed by atoms with Crippen LogP contribution in [0, 0.1) is 0 Å². The van der Waals surface area contributed by atoms with Gasteiger partial charge >= 0.3 is 177 Å². The molecule has 0 radical (unpaired) electrons. The first-order chi connectivity index (χ1) is 25.2. The fraction of sp³-hybridized carbons (Fsp3) is 0.333. The van der Waals surface area contributed by atoms with Crippen LogP contribution in [-0.2, 0) is 28.8 Å². The van der Waals surface area contributed by atoms with E-state index in [4.69, 9.17) is 28.4 Å². The fourth-order valence-corrected chi connectivity index (χ4v) is 5.00. The average Bonchev–Trinajstić information content (AvgIpc) is 3.08. The van der Waals surface area contributed by atoms with Crippen molar-refractivity contribution in [3.05, 3.63) is 36.4 Å². The Morgan fingerprint density at radius 1 is 0.300 bits per heavy atom. The Labute approximate surface area is 475 Å². The molecule has 0 fully saturated rings. The van der Waals surface area contributed by atoms with Crippen molar-refractivity contribution >= 4 is 68.1 Å². The molecular weight excluding hydrogens is 858 g/mol. The molecule has 0 spiro atoms. The summed E-state index contributed by atoms with van der Waals surface area (Å²) in [6, 6.07) is 7.48. The van der Waals surface area contributed by atoms with E-state index in [9.17, 15) is 59.4 Å². The molecule has 4 rings (SSSR count). The Morgan fingerprint density at radius 2 is 0.400 bits per heavy atom. The predicted octanol–water partition coefficient (Wildman–Crippen LogP) is -21.7. The third kappa shape index (κ3) is 15.8. The summed E-state index contributed by atoms with van der Waals surface area (Å²) in [6.45, 7) is 6.73. The number of ether oxygens (including phenoxy) is 6. The van der Waals surface area contributed by atoms with Crippen LogP contribution in [0.5, 0.6) is 34.5 Å². The van der Waals surface area contributed by atoms with Crippen molar-refractivity contribution in [2.75, 3.05) is 0 Å². The summed E-state index contributed by atoms with van der Waals surface area (Å²) in [7, 11) is 0. The summed E-state index contributed by atoms with van der Waals surface area (Å²) in [5, 5.41) is 70.9. The van der Waals surface area contributed by atoms with Gasteiger partial charge in [0.25, 0.3) is 0 Å². The van der Waals surface area contributed by atoms with E-state index in [1.54, 1.807) is 0 Å². The Hall–Kier alpha value is -0.720. The van der Waals surface area contributed by atoms with Crippen LogP contribution in [-0.4, -0.2) is 72.4 Å². The second kappa shape index (κ2) is 27.6. The van der Waals surface area contributed by atoms with E-state index in [2.05, 4.69) is 0 Å². The zero-order valence-corrected chi connectivity index (χ0v) is 47.3. The van der Waals surface area contributed by atoms with Crippen molar-refractivity contribution in [2.24, 2.45) is 0 Å². The monoisotopic (exact) mass is 888 g/mol. The number of fused-ring (bicyclic) bond motifs is 6. The molecule has 288 valence electrons. The number of carboxylic acids is 6. The third-order valence-electron chi connectivity index (χ3n) is 7.94. The molecule has 0 saturated heterocycles. The molecule has 0 aliphatic rings. The van der Waals surface area contributed by atoms with Crippen molar-refractivity contribution in [2.45, 2.75) is 78.2 Å². The molecular formula is C36H30Na6O18. The number of benzene rings is 4. The van der Waals surface area contributed by atoms with Gasteiger partial charge in [-0.2, -0.15) is 0 Å². The zero-order chi connectivity index (χ0) is 40.3. The number of hydrogen-bond donors (Lipinski definition) is 0. The number of carboxylic acid groups (broad SMARTS) is 6. The second-order valence-electron chi connectivity index (χ2n) is 12.0. The van der Waals surface area contributed by atoms with Gasteiger partial charge in [-0.3, -0.25) is 0 Å². The zero-order valence-electron chi connectivity index (χ0n) is 35.3. The Morgan fingerprint density at radius 3 is 0.483 bits per heavy atom. The predicted molar refractivity (Wildman–Crippen MR) is 170 cm³/mol. The molecule has 0 aliphatic heterocycles. The summed E-state index contributed by atoms with van der Waals surface area (Å²) in [4.78, 5) is 70.0. The molecule has 0 aromatic heterocycles. The first kappa shape index (κ1) is 63.6. The van der Waals surface area contributed by atoms with E-state index >= 15 is 0 Å². The Bertz CT molecular complexity index is 1780. The van der Waals surface area contributed by atoms with E-state index in [0.717, 1.165) is 41.5 Å². The molecule has 0 saturated carbocycles. The van der Waals surface area contributed by atoms with Crippen LogP contribution >= 0.6 is 0 Å². The van der Waals surface area contributed by atoms with Gasteiger partial charge in [0, 0.05) is 0 Å². The van der Waals surface area contributed by atoms with Gasteiger partial charge in [0.05, 0.1) is 35.8 Å². The SMILES string of the molecule is CC(Oc1cc2c3cc(OC(C)C(=O)[O-])c(OC(C)C(=O)[O-])cc3c3cc(OC(C)C(=O)[O-])c(OC(C)C(=O)[O-])cc3c2cc1OC(C)C(=O)[O-])C(=O)[O-].[Na+].[Na+].[Na+].[Na+].[Na+].[Na+]. The topological polar surface area (TPSA) is 296 Å². The quantitative estimate of drug-likeness (QED) is 0.0662. The summed E-state index contributed by atoms with van der Waals surface area (Å²) in [6.07, 6.45) is -9.75. The van der Waals surface area contributed by atoms with Gasteiger partial charge < -0.3 is 87.8 Å². The number of aliphatic carboxylic acids is 6. The normalized spacial score (nSPS) is 13.1. The first-order valence-corrected chi connectivity index (χ1v) is 16.0. The molecule has 0 aliphatic carbocycles. The average molecular weight is 889 g/mol. The van der Waals surface area contributed by atoms with Crippen LogP contribution in [0.15, 0.2) is 36.4 Å². The maximum atomic E-state index is 11.7.